The lowest BCUT2D eigenvalue weighted by Gasteiger charge is -2.18. The highest BCUT2D eigenvalue weighted by Crippen LogP contribution is 2.23. The number of nitro benzene ring substituents is 1. The first-order valence-electron chi connectivity index (χ1n) is 6.45. The van der Waals surface area contributed by atoms with Crippen LogP contribution in [0.3, 0.4) is 0 Å². The van der Waals surface area contributed by atoms with Crippen LogP contribution in [0.2, 0.25) is 0 Å². The summed E-state index contributed by atoms with van der Waals surface area (Å²) >= 11 is 0. The summed E-state index contributed by atoms with van der Waals surface area (Å²) in [6.07, 6.45) is 3.13. The summed E-state index contributed by atoms with van der Waals surface area (Å²) < 4.78 is 13.5. The maximum absolute atomic E-state index is 13.5. The average molecular weight is 267 g/mol. The highest BCUT2D eigenvalue weighted by Gasteiger charge is 2.17. The van der Waals surface area contributed by atoms with E-state index in [1.54, 1.807) is 6.07 Å². The van der Waals surface area contributed by atoms with Crippen LogP contribution in [0.15, 0.2) is 18.2 Å². The number of likely N-dealkylation sites (tertiary alicyclic amines) is 1. The van der Waals surface area contributed by atoms with Crippen LogP contribution in [-0.2, 0) is 0 Å². The Morgan fingerprint density at radius 3 is 2.89 bits per heavy atom. The van der Waals surface area contributed by atoms with E-state index < -0.39 is 16.4 Å². The van der Waals surface area contributed by atoms with E-state index >= 15 is 0 Å². The van der Waals surface area contributed by atoms with Crippen LogP contribution < -0.4 is 5.32 Å². The Hall–Kier alpha value is -1.69. The van der Waals surface area contributed by atoms with Gasteiger partial charge in [0.1, 0.15) is 0 Å². The van der Waals surface area contributed by atoms with E-state index in [2.05, 4.69) is 17.3 Å². The Morgan fingerprint density at radius 1 is 1.42 bits per heavy atom. The molecule has 1 aliphatic heterocycles. The zero-order valence-corrected chi connectivity index (χ0v) is 10.9. The predicted molar refractivity (Wildman–Crippen MR) is 71.8 cm³/mol. The second-order valence-corrected chi connectivity index (χ2v) is 5.00. The van der Waals surface area contributed by atoms with Crippen molar-refractivity contribution in [2.24, 2.45) is 0 Å². The fraction of sp³-hybridized carbons (Fsp3) is 0.538. The van der Waals surface area contributed by atoms with E-state index in [9.17, 15) is 14.5 Å². The van der Waals surface area contributed by atoms with Gasteiger partial charge in [-0.25, -0.2) is 0 Å². The first kappa shape index (κ1) is 13.7. The summed E-state index contributed by atoms with van der Waals surface area (Å²) in [7, 11) is 2.09. The van der Waals surface area contributed by atoms with Crippen molar-refractivity contribution < 1.29 is 9.31 Å². The minimum Gasteiger partial charge on any atom is -0.382 e. The molecule has 0 aromatic heterocycles. The van der Waals surface area contributed by atoms with Crippen molar-refractivity contribution in [1.82, 2.24) is 4.90 Å². The quantitative estimate of drug-likeness (QED) is 0.675. The van der Waals surface area contributed by atoms with E-state index in [1.807, 2.05) is 0 Å². The van der Waals surface area contributed by atoms with Crippen LogP contribution >= 0.6 is 0 Å². The SMILES string of the molecule is CN1CCCC(Nc2ccc([N+](=O)[O-])c(F)c2)CC1. The smallest absolute Gasteiger partial charge is 0.304 e. The first-order chi connectivity index (χ1) is 9.06. The molecule has 1 N–H and O–H groups in total. The fourth-order valence-corrected chi connectivity index (χ4v) is 2.36. The third-order valence-corrected chi connectivity index (χ3v) is 3.47. The molecule has 6 heteroatoms. The number of nitro groups is 1. The van der Waals surface area contributed by atoms with E-state index in [0.717, 1.165) is 32.4 Å². The van der Waals surface area contributed by atoms with Gasteiger partial charge in [0.05, 0.1) is 4.92 Å². The first-order valence-corrected chi connectivity index (χ1v) is 6.45. The minimum absolute atomic E-state index is 0.297. The summed E-state index contributed by atoms with van der Waals surface area (Å²) in [5.74, 6) is -0.791. The molecule has 5 nitrogen and oxygen atoms in total. The monoisotopic (exact) mass is 267 g/mol. The average Bonchev–Trinajstić information content (AvgIpc) is 2.54. The Bertz CT molecular complexity index is 467. The molecule has 0 aliphatic carbocycles. The molecule has 0 saturated carbocycles. The zero-order chi connectivity index (χ0) is 13.8. The molecule has 0 bridgehead atoms. The lowest BCUT2D eigenvalue weighted by Crippen LogP contribution is -2.23. The minimum atomic E-state index is -0.791. The van der Waals surface area contributed by atoms with E-state index in [0.29, 0.717) is 11.7 Å². The normalized spacial score (nSPS) is 20.8. The van der Waals surface area contributed by atoms with Crippen molar-refractivity contribution in [3.63, 3.8) is 0 Å². The summed E-state index contributed by atoms with van der Waals surface area (Å²) in [5.41, 5.74) is 0.129. The van der Waals surface area contributed by atoms with E-state index in [4.69, 9.17) is 0 Å². The van der Waals surface area contributed by atoms with Crippen molar-refractivity contribution >= 4 is 11.4 Å². The highest BCUT2D eigenvalue weighted by molar-refractivity contribution is 5.50. The number of hydrogen-bond acceptors (Lipinski definition) is 4. The Balaban J connectivity index is 2.03. The van der Waals surface area contributed by atoms with Gasteiger partial charge in [0.25, 0.3) is 0 Å². The molecule has 0 spiro atoms. The molecule has 0 amide bonds. The molecule has 104 valence electrons. The molecule has 1 atom stereocenters. The van der Waals surface area contributed by atoms with Crippen molar-refractivity contribution in [1.29, 1.82) is 0 Å². The zero-order valence-electron chi connectivity index (χ0n) is 10.9. The molecule has 1 aromatic carbocycles. The fourth-order valence-electron chi connectivity index (χ4n) is 2.36. The lowest BCUT2D eigenvalue weighted by atomic mass is 10.1. The molecule has 1 unspecified atom stereocenters. The van der Waals surface area contributed by atoms with E-state index in [-0.39, 0.29) is 0 Å². The molecule has 1 fully saturated rings. The van der Waals surface area contributed by atoms with Gasteiger partial charge in [0.2, 0.25) is 5.82 Å². The molecule has 1 heterocycles. The Kier molecular flexibility index (Phi) is 4.31. The molecule has 0 radical (unpaired) electrons. The standard InChI is InChI=1S/C13H18FN3O2/c1-16-7-2-3-10(6-8-16)15-11-4-5-13(17(18)19)12(14)9-11/h4-5,9-10,15H,2-3,6-8H2,1H3. The van der Waals surface area contributed by atoms with Gasteiger partial charge in [0.15, 0.2) is 0 Å². The Morgan fingerprint density at radius 2 is 2.21 bits per heavy atom. The van der Waals surface area contributed by atoms with Crippen LogP contribution in [0.1, 0.15) is 19.3 Å². The summed E-state index contributed by atoms with van der Waals surface area (Å²) in [4.78, 5) is 12.1. The van der Waals surface area contributed by atoms with Crippen LogP contribution in [0, 0.1) is 15.9 Å². The topological polar surface area (TPSA) is 58.4 Å². The number of hydrogen-bond donors (Lipinski definition) is 1. The largest absolute Gasteiger partial charge is 0.382 e. The summed E-state index contributed by atoms with van der Waals surface area (Å²) in [6.45, 7) is 2.08. The molecular weight excluding hydrogens is 249 g/mol. The number of nitrogens with one attached hydrogen (secondary N) is 1. The van der Waals surface area contributed by atoms with Crippen LogP contribution in [0.5, 0.6) is 0 Å². The van der Waals surface area contributed by atoms with Gasteiger partial charge in [-0.3, -0.25) is 10.1 Å². The van der Waals surface area contributed by atoms with Crippen molar-refractivity contribution in [3.05, 3.63) is 34.1 Å². The third kappa shape index (κ3) is 3.64. The molecule has 1 aromatic rings. The van der Waals surface area contributed by atoms with Gasteiger partial charge >= 0.3 is 5.69 Å². The highest BCUT2D eigenvalue weighted by atomic mass is 19.1. The van der Waals surface area contributed by atoms with E-state index in [1.165, 1.54) is 12.1 Å². The number of rotatable bonds is 3. The second-order valence-electron chi connectivity index (χ2n) is 5.00. The molecular formula is C13H18FN3O2. The van der Waals surface area contributed by atoms with Crippen molar-refractivity contribution in [2.75, 3.05) is 25.5 Å². The summed E-state index contributed by atoms with van der Waals surface area (Å²) in [6, 6.07) is 4.27. The van der Waals surface area contributed by atoms with Gasteiger partial charge in [-0.15, -0.1) is 0 Å². The number of nitrogens with zero attached hydrogens (tertiary/aromatic N) is 2. The van der Waals surface area contributed by atoms with Crippen molar-refractivity contribution in [3.8, 4) is 0 Å². The van der Waals surface area contributed by atoms with Gasteiger partial charge in [-0.2, -0.15) is 4.39 Å². The predicted octanol–water partition coefficient (Wildman–Crippen LogP) is 2.63. The van der Waals surface area contributed by atoms with Gasteiger partial charge in [0, 0.05) is 23.9 Å². The van der Waals surface area contributed by atoms with Gasteiger partial charge in [-0.1, -0.05) is 0 Å². The van der Waals surface area contributed by atoms with Crippen LogP contribution in [-0.4, -0.2) is 36.0 Å². The summed E-state index contributed by atoms with van der Waals surface area (Å²) in [5, 5.41) is 13.8. The molecule has 1 saturated heterocycles. The third-order valence-electron chi connectivity index (χ3n) is 3.47. The maximum Gasteiger partial charge on any atom is 0.304 e. The number of anilines is 1. The van der Waals surface area contributed by atoms with Crippen molar-refractivity contribution in [2.45, 2.75) is 25.3 Å². The second kappa shape index (κ2) is 5.97. The Labute approximate surface area is 111 Å². The van der Waals surface area contributed by atoms with Gasteiger partial charge < -0.3 is 10.2 Å². The molecule has 1 aliphatic rings. The molecule has 19 heavy (non-hydrogen) atoms. The maximum atomic E-state index is 13.5. The van der Waals surface area contributed by atoms with Gasteiger partial charge in [-0.05, 0) is 45.5 Å². The molecule has 2 rings (SSSR count). The van der Waals surface area contributed by atoms with Crippen LogP contribution in [0.4, 0.5) is 15.8 Å². The lowest BCUT2D eigenvalue weighted by molar-refractivity contribution is -0.387. The number of halogens is 1. The number of benzene rings is 1. The van der Waals surface area contributed by atoms with Crippen LogP contribution in [0.25, 0.3) is 0 Å².